The fourth-order valence-corrected chi connectivity index (χ4v) is 3.93. The standard InChI is InChI=1S/C14H17Cl2N.ClH/c15-10-6-7-12(13(16)9-10)14-5-1-3-11-4-2-8-17(11)14;/h6-7,9,11,14H,1-5,8H2;1H. The van der Waals surface area contributed by atoms with Crippen LogP contribution in [0.15, 0.2) is 18.2 Å². The fraction of sp³-hybridized carbons (Fsp3) is 0.571. The SMILES string of the molecule is Cl.Clc1ccc(C2CCCC3CCCN32)c(Cl)c1. The van der Waals surface area contributed by atoms with Gasteiger partial charge in [0.2, 0.25) is 0 Å². The molecule has 0 aliphatic carbocycles. The molecule has 3 rings (SSSR count). The Morgan fingerprint density at radius 2 is 1.83 bits per heavy atom. The molecule has 18 heavy (non-hydrogen) atoms. The van der Waals surface area contributed by atoms with E-state index in [1.165, 1.54) is 44.2 Å². The summed E-state index contributed by atoms with van der Waals surface area (Å²) >= 11 is 12.3. The van der Waals surface area contributed by atoms with Crippen molar-refractivity contribution >= 4 is 35.6 Å². The number of hydrogen-bond donors (Lipinski definition) is 0. The van der Waals surface area contributed by atoms with Gasteiger partial charge in [0.15, 0.2) is 0 Å². The largest absolute Gasteiger partial charge is 0.293 e. The highest BCUT2D eigenvalue weighted by Gasteiger charge is 2.35. The van der Waals surface area contributed by atoms with Crippen molar-refractivity contribution in [2.24, 2.45) is 0 Å². The summed E-state index contributed by atoms with van der Waals surface area (Å²) in [5.41, 5.74) is 1.27. The summed E-state index contributed by atoms with van der Waals surface area (Å²) in [6, 6.07) is 7.25. The van der Waals surface area contributed by atoms with E-state index in [4.69, 9.17) is 23.2 Å². The summed E-state index contributed by atoms with van der Waals surface area (Å²) in [7, 11) is 0. The molecule has 0 amide bonds. The van der Waals surface area contributed by atoms with Crippen LogP contribution in [-0.4, -0.2) is 17.5 Å². The van der Waals surface area contributed by atoms with Crippen LogP contribution in [0.5, 0.6) is 0 Å². The summed E-state index contributed by atoms with van der Waals surface area (Å²) in [6.45, 7) is 1.23. The smallest absolute Gasteiger partial charge is 0.0468 e. The molecule has 2 atom stereocenters. The molecule has 1 aromatic carbocycles. The maximum absolute atomic E-state index is 6.34. The molecule has 0 N–H and O–H groups in total. The topological polar surface area (TPSA) is 3.24 Å². The second-order valence-electron chi connectivity index (χ2n) is 5.15. The first-order valence-corrected chi connectivity index (χ1v) is 7.22. The zero-order valence-electron chi connectivity index (χ0n) is 10.2. The molecular formula is C14H18Cl3N. The predicted molar refractivity (Wildman–Crippen MR) is 80.0 cm³/mol. The van der Waals surface area contributed by atoms with Crippen molar-refractivity contribution in [3.8, 4) is 0 Å². The van der Waals surface area contributed by atoms with E-state index in [1.54, 1.807) is 0 Å². The highest BCUT2D eigenvalue weighted by atomic mass is 35.5. The molecule has 100 valence electrons. The molecule has 0 bridgehead atoms. The van der Waals surface area contributed by atoms with E-state index in [-0.39, 0.29) is 12.4 Å². The lowest BCUT2D eigenvalue weighted by Crippen LogP contribution is -2.37. The van der Waals surface area contributed by atoms with E-state index in [0.29, 0.717) is 6.04 Å². The van der Waals surface area contributed by atoms with E-state index < -0.39 is 0 Å². The van der Waals surface area contributed by atoms with Crippen molar-refractivity contribution in [1.29, 1.82) is 0 Å². The molecule has 1 aromatic rings. The van der Waals surface area contributed by atoms with Crippen LogP contribution in [0.4, 0.5) is 0 Å². The highest BCUT2D eigenvalue weighted by molar-refractivity contribution is 6.35. The van der Waals surface area contributed by atoms with Crippen LogP contribution >= 0.6 is 35.6 Å². The van der Waals surface area contributed by atoms with Crippen LogP contribution in [0.25, 0.3) is 0 Å². The first-order chi connectivity index (χ1) is 8.25. The summed E-state index contributed by atoms with van der Waals surface area (Å²) in [5, 5.41) is 1.56. The molecule has 0 saturated carbocycles. The van der Waals surface area contributed by atoms with Gasteiger partial charge in [-0.3, -0.25) is 4.90 Å². The summed E-state index contributed by atoms with van der Waals surface area (Å²) in [4.78, 5) is 2.65. The van der Waals surface area contributed by atoms with Gasteiger partial charge >= 0.3 is 0 Å². The van der Waals surface area contributed by atoms with Crippen LogP contribution in [-0.2, 0) is 0 Å². The van der Waals surface area contributed by atoms with Crippen LogP contribution in [0.3, 0.4) is 0 Å². The quantitative estimate of drug-likeness (QED) is 0.697. The number of nitrogens with zero attached hydrogens (tertiary/aromatic N) is 1. The summed E-state index contributed by atoms with van der Waals surface area (Å²) in [6.07, 6.45) is 6.62. The third-order valence-electron chi connectivity index (χ3n) is 4.16. The molecule has 2 unspecified atom stereocenters. The van der Waals surface area contributed by atoms with E-state index >= 15 is 0 Å². The number of benzene rings is 1. The molecule has 0 radical (unpaired) electrons. The average Bonchev–Trinajstić information content (AvgIpc) is 2.77. The fourth-order valence-electron chi connectivity index (χ4n) is 3.40. The van der Waals surface area contributed by atoms with Gasteiger partial charge < -0.3 is 0 Å². The second kappa shape index (κ2) is 6.00. The van der Waals surface area contributed by atoms with Gasteiger partial charge in [0.05, 0.1) is 0 Å². The van der Waals surface area contributed by atoms with Gasteiger partial charge in [-0.1, -0.05) is 29.3 Å². The number of rotatable bonds is 1. The zero-order valence-corrected chi connectivity index (χ0v) is 12.6. The monoisotopic (exact) mass is 305 g/mol. The predicted octanol–water partition coefficient (Wildman–Crippen LogP) is 5.10. The lowest BCUT2D eigenvalue weighted by molar-refractivity contribution is 0.123. The number of hydrogen-bond acceptors (Lipinski definition) is 1. The van der Waals surface area contributed by atoms with Crippen molar-refractivity contribution in [2.75, 3.05) is 6.54 Å². The molecular weight excluding hydrogens is 289 g/mol. The van der Waals surface area contributed by atoms with E-state index in [9.17, 15) is 0 Å². The third-order valence-corrected chi connectivity index (χ3v) is 4.72. The molecule has 2 saturated heterocycles. The number of fused-ring (bicyclic) bond motifs is 1. The Labute approximate surface area is 125 Å². The minimum atomic E-state index is 0. The van der Waals surface area contributed by atoms with Crippen molar-refractivity contribution in [3.63, 3.8) is 0 Å². The molecule has 4 heteroatoms. The second-order valence-corrected chi connectivity index (χ2v) is 5.99. The van der Waals surface area contributed by atoms with Crippen LogP contribution < -0.4 is 0 Å². The minimum absolute atomic E-state index is 0. The Balaban J connectivity index is 0.00000120. The van der Waals surface area contributed by atoms with Gasteiger partial charge in [-0.15, -0.1) is 12.4 Å². The minimum Gasteiger partial charge on any atom is -0.293 e. The molecule has 2 aliphatic heterocycles. The van der Waals surface area contributed by atoms with Gasteiger partial charge in [0.1, 0.15) is 0 Å². The first-order valence-electron chi connectivity index (χ1n) is 6.46. The molecule has 0 spiro atoms. The molecule has 1 nitrogen and oxygen atoms in total. The van der Waals surface area contributed by atoms with Gasteiger partial charge in [-0.25, -0.2) is 0 Å². The van der Waals surface area contributed by atoms with E-state index in [0.717, 1.165) is 16.1 Å². The van der Waals surface area contributed by atoms with Crippen molar-refractivity contribution in [3.05, 3.63) is 33.8 Å². The van der Waals surface area contributed by atoms with E-state index in [1.807, 2.05) is 12.1 Å². The first kappa shape index (κ1) is 14.5. The summed E-state index contributed by atoms with van der Waals surface area (Å²) in [5.74, 6) is 0. The maximum atomic E-state index is 6.34. The Bertz CT molecular complexity index is 422. The van der Waals surface area contributed by atoms with Crippen LogP contribution in [0, 0.1) is 0 Å². The van der Waals surface area contributed by atoms with Gasteiger partial charge in [-0.05, 0) is 56.3 Å². The highest BCUT2D eigenvalue weighted by Crippen LogP contribution is 2.41. The molecule has 2 aliphatic rings. The van der Waals surface area contributed by atoms with Gasteiger partial charge in [0.25, 0.3) is 0 Å². The Morgan fingerprint density at radius 1 is 1.06 bits per heavy atom. The average molecular weight is 307 g/mol. The van der Waals surface area contributed by atoms with Crippen molar-refractivity contribution in [2.45, 2.75) is 44.2 Å². The molecule has 0 aromatic heterocycles. The molecule has 2 fully saturated rings. The number of halogens is 3. The normalized spacial score (nSPS) is 27.7. The zero-order chi connectivity index (χ0) is 11.8. The Kier molecular flexibility index (Phi) is 4.82. The lowest BCUT2D eigenvalue weighted by atomic mass is 9.92. The van der Waals surface area contributed by atoms with Crippen molar-refractivity contribution < 1.29 is 0 Å². The molecule has 2 heterocycles. The Hall–Kier alpha value is 0.0500. The van der Waals surface area contributed by atoms with E-state index in [2.05, 4.69) is 11.0 Å². The summed E-state index contributed by atoms with van der Waals surface area (Å²) < 4.78 is 0. The number of piperidine rings is 1. The third kappa shape index (κ3) is 2.65. The maximum Gasteiger partial charge on any atom is 0.0468 e. The van der Waals surface area contributed by atoms with Crippen LogP contribution in [0.2, 0.25) is 10.0 Å². The Morgan fingerprint density at radius 3 is 2.61 bits per heavy atom. The van der Waals surface area contributed by atoms with Crippen molar-refractivity contribution in [1.82, 2.24) is 4.90 Å². The van der Waals surface area contributed by atoms with Gasteiger partial charge in [-0.2, -0.15) is 0 Å². The van der Waals surface area contributed by atoms with Gasteiger partial charge in [0, 0.05) is 22.1 Å². The lowest BCUT2D eigenvalue weighted by Gasteiger charge is -2.38. The van der Waals surface area contributed by atoms with Crippen LogP contribution in [0.1, 0.15) is 43.7 Å².